The van der Waals surface area contributed by atoms with Gasteiger partial charge in [0, 0.05) is 6.16 Å². The second-order valence-electron chi connectivity index (χ2n) is 2.28. The van der Waals surface area contributed by atoms with Crippen molar-refractivity contribution in [3.8, 4) is 0 Å². The average molecular weight is 151 g/mol. The summed E-state index contributed by atoms with van der Waals surface area (Å²) in [5.74, 6) is 0.298. The molecule has 0 amide bonds. The third kappa shape index (κ3) is 6.03. The van der Waals surface area contributed by atoms with Gasteiger partial charge < -0.3 is 10.6 Å². The zero-order valence-corrected chi connectivity index (χ0v) is 6.63. The molecule has 0 heterocycles. The highest BCUT2D eigenvalue weighted by Crippen LogP contribution is 2.19. The van der Waals surface area contributed by atoms with Gasteiger partial charge in [-0.15, -0.1) is 0 Å². The van der Waals surface area contributed by atoms with E-state index >= 15 is 0 Å². The maximum absolute atomic E-state index is 10.2. The normalized spacial score (nSPS) is 17.2. The molecule has 4 heteroatoms. The first-order valence-corrected chi connectivity index (χ1v) is 4.65. The van der Waals surface area contributed by atoms with Crippen molar-refractivity contribution < 1.29 is 9.46 Å². The third-order valence-electron chi connectivity index (χ3n) is 1.18. The zero-order chi connectivity index (χ0) is 7.28. The molecule has 2 unspecified atom stereocenters. The topological polar surface area (TPSA) is 63.3 Å². The summed E-state index contributed by atoms with van der Waals surface area (Å²) in [7, 11) is -2.26. The molecule has 3 nitrogen and oxygen atoms in total. The maximum atomic E-state index is 10.2. The molecular weight excluding hydrogens is 137 g/mol. The van der Waals surface area contributed by atoms with Crippen molar-refractivity contribution in [2.75, 3.05) is 12.7 Å². The second-order valence-corrected chi connectivity index (χ2v) is 3.48. The van der Waals surface area contributed by atoms with Crippen LogP contribution in [-0.4, -0.2) is 17.6 Å². The number of nitrogens with two attached hydrogens (primary N) is 1. The number of rotatable bonds is 4. The Morgan fingerprint density at radius 1 is 1.78 bits per heavy atom. The summed E-state index contributed by atoms with van der Waals surface area (Å²) < 4.78 is 10.2. The van der Waals surface area contributed by atoms with E-state index in [-0.39, 0.29) is 0 Å². The van der Waals surface area contributed by atoms with Crippen LogP contribution in [-0.2, 0) is 4.57 Å². The smallest absolute Gasteiger partial charge is 0.189 e. The van der Waals surface area contributed by atoms with Crippen LogP contribution in [0.4, 0.5) is 0 Å². The van der Waals surface area contributed by atoms with E-state index in [4.69, 9.17) is 10.6 Å². The summed E-state index contributed by atoms with van der Waals surface area (Å²) in [5, 5.41) is 0. The number of hydrogen-bond acceptors (Lipinski definition) is 2. The Kier molecular flexibility index (Phi) is 5.06. The van der Waals surface area contributed by atoms with Gasteiger partial charge in [0.05, 0.1) is 0 Å². The van der Waals surface area contributed by atoms with Gasteiger partial charge in [0.2, 0.25) is 0 Å². The fraction of sp³-hybridized carbons (Fsp3) is 1.00. The molecule has 3 N–H and O–H groups in total. The minimum Gasteiger partial charge on any atom is -0.346 e. The van der Waals surface area contributed by atoms with Crippen LogP contribution in [0.5, 0.6) is 0 Å². The highest BCUT2D eigenvalue weighted by molar-refractivity contribution is 7.37. The van der Waals surface area contributed by atoms with E-state index in [0.29, 0.717) is 18.6 Å². The van der Waals surface area contributed by atoms with Gasteiger partial charge in [-0.3, -0.25) is 4.57 Å². The molecule has 56 valence electrons. The fourth-order valence-electron chi connectivity index (χ4n) is 0.685. The van der Waals surface area contributed by atoms with Crippen LogP contribution < -0.4 is 5.73 Å². The lowest BCUT2D eigenvalue weighted by Gasteiger charge is -2.04. The Labute approximate surface area is 56.1 Å². The molecular formula is C5H14NO2P. The van der Waals surface area contributed by atoms with E-state index in [1.165, 1.54) is 0 Å². The van der Waals surface area contributed by atoms with Gasteiger partial charge in [0.15, 0.2) is 8.03 Å². The molecule has 0 rings (SSSR count). The molecule has 2 atom stereocenters. The largest absolute Gasteiger partial charge is 0.346 e. The molecule has 9 heavy (non-hydrogen) atoms. The lowest BCUT2D eigenvalue weighted by atomic mass is 10.1. The third-order valence-corrected chi connectivity index (χ3v) is 2.23. The van der Waals surface area contributed by atoms with Crippen molar-refractivity contribution in [2.45, 2.75) is 13.3 Å². The predicted octanol–water partition coefficient (Wildman–Crippen LogP) is 0.438. The lowest BCUT2D eigenvalue weighted by Crippen LogP contribution is -2.07. The first-order chi connectivity index (χ1) is 4.16. The summed E-state index contributed by atoms with van der Waals surface area (Å²) in [6.45, 7) is 2.54. The van der Waals surface area contributed by atoms with Crippen LogP contribution in [0.2, 0.25) is 0 Å². The molecule has 0 fully saturated rings. The first-order valence-electron chi connectivity index (χ1n) is 3.08. The van der Waals surface area contributed by atoms with Gasteiger partial charge in [0.1, 0.15) is 0 Å². The quantitative estimate of drug-likeness (QED) is 0.573. The Morgan fingerprint density at radius 2 is 2.33 bits per heavy atom. The van der Waals surface area contributed by atoms with Crippen molar-refractivity contribution in [3.05, 3.63) is 0 Å². The molecule has 0 aliphatic heterocycles. The van der Waals surface area contributed by atoms with Gasteiger partial charge in [-0.05, 0) is 18.9 Å². The highest BCUT2D eigenvalue weighted by atomic mass is 31.1. The van der Waals surface area contributed by atoms with Gasteiger partial charge in [0.25, 0.3) is 0 Å². The first kappa shape index (κ1) is 9.15. The Bertz CT molecular complexity index is 97.0. The molecule has 0 aromatic rings. The average Bonchev–Trinajstić information content (AvgIpc) is 1.63. The Hall–Kier alpha value is 0.150. The van der Waals surface area contributed by atoms with E-state index in [9.17, 15) is 4.57 Å². The summed E-state index contributed by atoms with van der Waals surface area (Å²) in [6.07, 6.45) is 1.26. The van der Waals surface area contributed by atoms with E-state index in [1.807, 2.05) is 6.92 Å². The van der Waals surface area contributed by atoms with Crippen LogP contribution in [0, 0.1) is 5.92 Å². The standard InChI is InChI=1S/C5H14NO2P/c1-5(2-3-6)4-9(7)8/h5,9H,2-4,6H2,1H3,(H,7,8). The molecule has 0 saturated heterocycles. The van der Waals surface area contributed by atoms with Crippen LogP contribution in [0.15, 0.2) is 0 Å². The van der Waals surface area contributed by atoms with Crippen LogP contribution in [0.25, 0.3) is 0 Å². The van der Waals surface area contributed by atoms with E-state index in [1.54, 1.807) is 0 Å². The van der Waals surface area contributed by atoms with Crippen molar-refractivity contribution >= 4 is 8.03 Å². The SMILES string of the molecule is CC(CCN)C[PH](=O)O. The Morgan fingerprint density at radius 3 is 2.67 bits per heavy atom. The molecule has 0 radical (unpaired) electrons. The predicted molar refractivity (Wildman–Crippen MR) is 38.9 cm³/mol. The number of hydrogen-bond donors (Lipinski definition) is 2. The molecule has 0 saturated carbocycles. The molecule has 0 spiro atoms. The zero-order valence-electron chi connectivity index (χ0n) is 5.63. The van der Waals surface area contributed by atoms with Crippen LogP contribution in [0.1, 0.15) is 13.3 Å². The van der Waals surface area contributed by atoms with Crippen LogP contribution >= 0.6 is 8.03 Å². The lowest BCUT2D eigenvalue weighted by molar-refractivity contribution is 0.484. The fourth-order valence-corrected chi connectivity index (χ4v) is 1.48. The van der Waals surface area contributed by atoms with E-state index in [2.05, 4.69) is 0 Å². The summed E-state index contributed by atoms with van der Waals surface area (Å²) in [5.41, 5.74) is 5.23. The van der Waals surface area contributed by atoms with Gasteiger partial charge in [-0.1, -0.05) is 6.92 Å². The molecule has 0 aliphatic carbocycles. The van der Waals surface area contributed by atoms with Gasteiger partial charge in [-0.2, -0.15) is 0 Å². The molecule has 0 aliphatic rings. The minimum absolute atomic E-state index is 0.298. The van der Waals surface area contributed by atoms with Crippen molar-refractivity contribution in [1.82, 2.24) is 0 Å². The summed E-state index contributed by atoms with van der Waals surface area (Å²) in [4.78, 5) is 8.45. The summed E-state index contributed by atoms with van der Waals surface area (Å²) >= 11 is 0. The minimum atomic E-state index is -2.26. The maximum Gasteiger partial charge on any atom is 0.189 e. The van der Waals surface area contributed by atoms with E-state index in [0.717, 1.165) is 6.42 Å². The van der Waals surface area contributed by atoms with Gasteiger partial charge >= 0.3 is 0 Å². The second kappa shape index (κ2) is 4.98. The van der Waals surface area contributed by atoms with E-state index < -0.39 is 8.03 Å². The monoisotopic (exact) mass is 151 g/mol. The van der Waals surface area contributed by atoms with Gasteiger partial charge in [-0.25, -0.2) is 0 Å². The summed E-state index contributed by atoms with van der Waals surface area (Å²) in [6, 6.07) is 0. The van der Waals surface area contributed by atoms with Crippen LogP contribution in [0.3, 0.4) is 0 Å². The Balaban J connectivity index is 3.26. The molecule has 0 bridgehead atoms. The van der Waals surface area contributed by atoms with Crippen molar-refractivity contribution in [2.24, 2.45) is 11.7 Å². The van der Waals surface area contributed by atoms with Crippen molar-refractivity contribution in [3.63, 3.8) is 0 Å². The molecule has 0 aromatic heterocycles. The van der Waals surface area contributed by atoms with Crippen molar-refractivity contribution in [1.29, 1.82) is 0 Å². The highest BCUT2D eigenvalue weighted by Gasteiger charge is 2.02. The molecule has 0 aromatic carbocycles.